The van der Waals surface area contributed by atoms with Gasteiger partial charge in [0.05, 0.1) is 12.2 Å². The molecule has 0 saturated carbocycles. The van der Waals surface area contributed by atoms with Gasteiger partial charge in [-0.2, -0.15) is 0 Å². The third-order valence-electron chi connectivity index (χ3n) is 4.47. The van der Waals surface area contributed by atoms with E-state index in [0.29, 0.717) is 29.9 Å². The van der Waals surface area contributed by atoms with Gasteiger partial charge in [0.25, 0.3) is 0 Å². The zero-order chi connectivity index (χ0) is 19.9. The number of benzene rings is 2. The van der Waals surface area contributed by atoms with Crippen LogP contribution in [0.3, 0.4) is 0 Å². The smallest absolute Gasteiger partial charge is 0.338 e. The van der Waals surface area contributed by atoms with E-state index in [1.54, 1.807) is 19.1 Å². The summed E-state index contributed by atoms with van der Waals surface area (Å²) in [4.78, 5) is 29.1. The van der Waals surface area contributed by atoms with Gasteiger partial charge in [-0.05, 0) is 29.7 Å². The molecule has 28 heavy (non-hydrogen) atoms. The lowest BCUT2D eigenvalue weighted by molar-refractivity contribution is 0.0500. The fourth-order valence-electron chi connectivity index (χ4n) is 2.91. The number of hydrogen-bond acceptors (Lipinski definition) is 5. The minimum Gasteiger partial charge on any atom is -0.462 e. The molecule has 3 aromatic rings. The summed E-state index contributed by atoms with van der Waals surface area (Å²) in [5.74, 6) is -0.275. The highest BCUT2D eigenvalue weighted by Gasteiger charge is 2.23. The van der Waals surface area contributed by atoms with Gasteiger partial charge < -0.3 is 9.15 Å². The number of nitrogens with zero attached hydrogens (tertiary/aromatic N) is 1. The molecule has 0 saturated heterocycles. The largest absolute Gasteiger partial charge is 0.462 e. The second-order valence-electron chi connectivity index (χ2n) is 6.42. The molecular formula is C23H23NO4. The highest BCUT2D eigenvalue weighted by molar-refractivity contribution is 6.03. The Balaban J connectivity index is 2.07. The van der Waals surface area contributed by atoms with Crippen LogP contribution in [0.25, 0.3) is 22.5 Å². The fourth-order valence-corrected chi connectivity index (χ4v) is 2.91. The van der Waals surface area contributed by atoms with Crippen molar-refractivity contribution in [1.29, 1.82) is 0 Å². The summed E-state index contributed by atoms with van der Waals surface area (Å²) in [7, 11) is 0. The average molecular weight is 377 g/mol. The SMILES string of the molecule is CCCCOC(=O)c1cc(-c2ccccc2)ccc1-c1ocnc1C(=O)CC. The van der Waals surface area contributed by atoms with Crippen molar-refractivity contribution in [1.82, 2.24) is 4.98 Å². The van der Waals surface area contributed by atoms with Crippen LogP contribution in [0.15, 0.2) is 59.3 Å². The lowest BCUT2D eigenvalue weighted by Gasteiger charge is -2.11. The summed E-state index contributed by atoms with van der Waals surface area (Å²) >= 11 is 0. The number of oxazole rings is 1. The second kappa shape index (κ2) is 9.13. The molecule has 144 valence electrons. The van der Waals surface area contributed by atoms with Crippen LogP contribution in [0.2, 0.25) is 0 Å². The van der Waals surface area contributed by atoms with Crippen LogP contribution in [0.1, 0.15) is 54.0 Å². The quantitative estimate of drug-likeness (QED) is 0.292. The van der Waals surface area contributed by atoms with Crippen molar-refractivity contribution in [2.24, 2.45) is 0 Å². The molecule has 0 atom stereocenters. The predicted octanol–water partition coefficient (Wildman–Crippen LogP) is 5.56. The van der Waals surface area contributed by atoms with Gasteiger partial charge >= 0.3 is 5.97 Å². The number of esters is 1. The first-order valence-corrected chi connectivity index (χ1v) is 9.49. The van der Waals surface area contributed by atoms with Gasteiger partial charge in [0.2, 0.25) is 0 Å². The summed E-state index contributed by atoms with van der Waals surface area (Å²) < 4.78 is 10.9. The zero-order valence-corrected chi connectivity index (χ0v) is 16.1. The van der Waals surface area contributed by atoms with Gasteiger partial charge in [0.1, 0.15) is 0 Å². The van der Waals surface area contributed by atoms with E-state index in [9.17, 15) is 9.59 Å². The lowest BCUT2D eigenvalue weighted by atomic mass is 9.96. The topological polar surface area (TPSA) is 69.4 Å². The van der Waals surface area contributed by atoms with Crippen molar-refractivity contribution < 1.29 is 18.7 Å². The Morgan fingerprint density at radius 1 is 1.04 bits per heavy atom. The van der Waals surface area contributed by atoms with E-state index in [-0.39, 0.29) is 11.5 Å². The van der Waals surface area contributed by atoms with Crippen LogP contribution in [-0.4, -0.2) is 23.3 Å². The highest BCUT2D eigenvalue weighted by atomic mass is 16.5. The first-order chi connectivity index (χ1) is 13.7. The summed E-state index contributed by atoms with van der Waals surface area (Å²) in [6, 6.07) is 15.2. The van der Waals surface area contributed by atoms with Crippen LogP contribution >= 0.6 is 0 Å². The standard InChI is InChI=1S/C23H23NO4/c1-3-5-13-27-23(26)19-14-17(16-9-7-6-8-10-16)11-12-18(19)22-21(20(25)4-2)24-15-28-22/h6-12,14-15H,3-5,13H2,1-2H3. The predicted molar refractivity (Wildman–Crippen MR) is 107 cm³/mol. The number of carbonyl (C=O) groups excluding carboxylic acids is 2. The van der Waals surface area contributed by atoms with Crippen molar-refractivity contribution in [3.05, 3.63) is 66.2 Å². The van der Waals surface area contributed by atoms with E-state index in [2.05, 4.69) is 4.98 Å². The van der Waals surface area contributed by atoms with Gasteiger partial charge in [-0.25, -0.2) is 9.78 Å². The molecular weight excluding hydrogens is 354 g/mol. The number of Topliss-reactive ketones (excluding diaryl/α,β-unsaturated/α-hetero) is 1. The van der Waals surface area contributed by atoms with Crippen molar-refractivity contribution >= 4 is 11.8 Å². The Hall–Kier alpha value is -3.21. The summed E-state index contributed by atoms with van der Waals surface area (Å²) in [5.41, 5.74) is 2.97. The number of aromatic nitrogens is 1. The Bertz CT molecular complexity index is 960. The van der Waals surface area contributed by atoms with Crippen molar-refractivity contribution in [3.63, 3.8) is 0 Å². The Morgan fingerprint density at radius 2 is 1.82 bits per heavy atom. The molecule has 5 nitrogen and oxygen atoms in total. The summed E-state index contributed by atoms with van der Waals surface area (Å²) in [6.45, 7) is 4.15. The molecule has 0 bridgehead atoms. The normalized spacial score (nSPS) is 10.6. The van der Waals surface area contributed by atoms with Gasteiger partial charge in [-0.3, -0.25) is 4.79 Å². The Kier molecular flexibility index (Phi) is 6.37. The van der Waals surface area contributed by atoms with Crippen molar-refractivity contribution in [2.75, 3.05) is 6.61 Å². The molecule has 0 aliphatic rings. The number of unbranched alkanes of at least 4 members (excludes halogenated alkanes) is 1. The van der Waals surface area contributed by atoms with Gasteiger partial charge in [-0.15, -0.1) is 0 Å². The van der Waals surface area contributed by atoms with E-state index >= 15 is 0 Å². The van der Waals surface area contributed by atoms with Crippen molar-refractivity contribution in [3.8, 4) is 22.5 Å². The van der Waals surface area contributed by atoms with Crippen LogP contribution < -0.4 is 0 Å². The first kappa shape index (κ1) is 19.5. The van der Waals surface area contributed by atoms with Gasteiger partial charge in [0.15, 0.2) is 23.6 Å². The number of rotatable bonds is 8. The third-order valence-corrected chi connectivity index (χ3v) is 4.47. The van der Waals surface area contributed by atoms with E-state index in [1.807, 2.05) is 43.3 Å². The van der Waals surface area contributed by atoms with E-state index < -0.39 is 5.97 Å². The average Bonchev–Trinajstić information content (AvgIpc) is 3.23. The molecule has 0 spiro atoms. The maximum Gasteiger partial charge on any atom is 0.338 e. The monoisotopic (exact) mass is 377 g/mol. The minimum absolute atomic E-state index is 0.138. The van der Waals surface area contributed by atoms with E-state index in [1.165, 1.54) is 6.39 Å². The van der Waals surface area contributed by atoms with E-state index in [4.69, 9.17) is 9.15 Å². The molecule has 0 unspecified atom stereocenters. The number of carbonyl (C=O) groups is 2. The summed E-state index contributed by atoms with van der Waals surface area (Å²) in [5, 5.41) is 0. The highest BCUT2D eigenvalue weighted by Crippen LogP contribution is 2.32. The van der Waals surface area contributed by atoms with Crippen LogP contribution in [0.5, 0.6) is 0 Å². The molecule has 5 heteroatoms. The molecule has 2 aromatic carbocycles. The first-order valence-electron chi connectivity index (χ1n) is 9.49. The molecule has 0 radical (unpaired) electrons. The molecule has 1 aromatic heterocycles. The molecule has 0 N–H and O–H groups in total. The second-order valence-corrected chi connectivity index (χ2v) is 6.42. The fraction of sp³-hybridized carbons (Fsp3) is 0.261. The minimum atomic E-state index is -0.437. The molecule has 0 aliphatic heterocycles. The lowest BCUT2D eigenvalue weighted by Crippen LogP contribution is -2.09. The Morgan fingerprint density at radius 3 is 2.54 bits per heavy atom. The molecule has 0 aliphatic carbocycles. The maximum atomic E-state index is 12.8. The van der Waals surface area contributed by atoms with Crippen LogP contribution in [0, 0.1) is 0 Å². The third kappa shape index (κ3) is 4.19. The van der Waals surface area contributed by atoms with E-state index in [0.717, 1.165) is 24.0 Å². The molecule has 0 fully saturated rings. The van der Waals surface area contributed by atoms with Gasteiger partial charge in [-0.1, -0.05) is 56.7 Å². The molecule has 1 heterocycles. The summed E-state index contributed by atoms with van der Waals surface area (Å²) in [6.07, 6.45) is 3.26. The molecule has 3 rings (SSSR count). The zero-order valence-electron chi connectivity index (χ0n) is 16.1. The molecule has 0 amide bonds. The number of ether oxygens (including phenoxy) is 1. The number of ketones is 1. The number of hydrogen-bond donors (Lipinski definition) is 0. The Labute approximate surface area is 164 Å². The van der Waals surface area contributed by atoms with Gasteiger partial charge in [0, 0.05) is 12.0 Å². The van der Waals surface area contributed by atoms with Crippen LogP contribution in [-0.2, 0) is 4.74 Å². The van der Waals surface area contributed by atoms with Crippen LogP contribution in [0.4, 0.5) is 0 Å². The van der Waals surface area contributed by atoms with Crippen molar-refractivity contribution in [2.45, 2.75) is 33.1 Å². The maximum absolute atomic E-state index is 12.8.